The molecule has 0 spiro atoms. The topological polar surface area (TPSA) is 42.4 Å². The first-order valence-corrected chi connectivity index (χ1v) is 7.47. The SMILES string of the molecule is COc1nc2c(cc1C(=O)N1CC3CC3(C)C1)CCC2. The van der Waals surface area contributed by atoms with Gasteiger partial charge in [0.15, 0.2) is 0 Å². The van der Waals surface area contributed by atoms with Crippen molar-refractivity contribution in [2.45, 2.75) is 32.6 Å². The summed E-state index contributed by atoms with van der Waals surface area (Å²) >= 11 is 0. The molecule has 4 heteroatoms. The van der Waals surface area contributed by atoms with E-state index in [-0.39, 0.29) is 5.91 Å². The summed E-state index contributed by atoms with van der Waals surface area (Å²) < 4.78 is 5.36. The number of fused-ring (bicyclic) bond motifs is 2. The van der Waals surface area contributed by atoms with E-state index >= 15 is 0 Å². The van der Waals surface area contributed by atoms with Gasteiger partial charge in [0.2, 0.25) is 5.88 Å². The van der Waals surface area contributed by atoms with Crippen LogP contribution in [-0.4, -0.2) is 36.0 Å². The van der Waals surface area contributed by atoms with Crippen molar-refractivity contribution in [3.63, 3.8) is 0 Å². The van der Waals surface area contributed by atoms with E-state index in [0.29, 0.717) is 22.8 Å². The highest BCUT2D eigenvalue weighted by molar-refractivity contribution is 5.97. The van der Waals surface area contributed by atoms with E-state index < -0.39 is 0 Å². The van der Waals surface area contributed by atoms with Crippen LogP contribution in [0, 0.1) is 11.3 Å². The minimum Gasteiger partial charge on any atom is -0.480 e. The first-order chi connectivity index (χ1) is 9.60. The highest BCUT2D eigenvalue weighted by Crippen LogP contribution is 2.57. The van der Waals surface area contributed by atoms with Crippen LogP contribution in [0.25, 0.3) is 0 Å². The predicted octanol–water partition coefficient (Wildman–Crippen LogP) is 2.06. The molecule has 1 saturated heterocycles. The molecule has 20 heavy (non-hydrogen) atoms. The zero-order chi connectivity index (χ0) is 13.9. The van der Waals surface area contributed by atoms with Crippen molar-refractivity contribution in [1.82, 2.24) is 9.88 Å². The molecule has 2 heterocycles. The lowest BCUT2D eigenvalue weighted by Crippen LogP contribution is -2.32. The molecular formula is C16H20N2O2. The Kier molecular flexibility index (Phi) is 2.41. The van der Waals surface area contributed by atoms with Crippen LogP contribution in [0.1, 0.15) is 41.4 Å². The second-order valence-electron chi connectivity index (χ2n) is 6.75. The van der Waals surface area contributed by atoms with Gasteiger partial charge >= 0.3 is 0 Å². The van der Waals surface area contributed by atoms with E-state index in [1.54, 1.807) is 7.11 Å². The summed E-state index contributed by atoms with van der Waals surface area (Å²) in [5.41, 5.74) is 3.37. The minimum atomic E-state index is 0.0949. The van der Waals surface area contributed by atoms with Crippen LogP contribution in [0.3, 0.4) is 0 Å². The van der Waals surface area contributed by atoms with E-state index in [0.717, 1.165) is 38.0 Å². The number of aromatic nitrogens is 1. The van der Waals surface area contributed by atoms with E-state index in [1.165, 1.54) is 12.0 Å². The molecule has 3 aliphatic rings. The fourth-order valence-electron chi connectivity index (χ4n) is 3.84. The number of nitrogens with zero attached hydrogens (tertiary/aromatic N) is 2. The van der Waals surface area contributed by atoms with E-state index in [4.69, 9.17) is 4.74 Å². The molecule has 0 radical (unpaired) electrons. The van der Waals surface area contributed by atoms with Gasteiger partial charge in [0.25, 0.3) is 5.91 Å². The summed E-state index contributed by atoms with van der Waals surface area (Å²) in [7, 11) is 1.60. The summed E-state index contributed by atoms with van der Waals surface area (Å²) in [6, 6.07) is 2.02. The van der Waals surface area contributed by atoms with Crippen molar-refractivity contribution < 1.29 is 9.53 Å². The number of carbonyl (C=O) groups is 1. The number of piperidine rings is 1. The van der Waals surface area contributed by atoms with Gasteiger partial charge in [0, 0.05) is 18.8 Å². The molecule has 1 aliphatic heterocycles. The Morgan fingerprint density at radius 2 is 2.35 bits per heavy atom. The van der Waals surface area contributed by atoms with Gasteiger partial charge in [-0.3, -0.25) is 4.79 Å². The van der Waals surface area contributed by atoms with Crippen molar-refractivity contribution in [3.8, 4) is 5.88 Å². The Hall–Kier alpha value is -1.58. The van der Waals surface area contributed by atoms with Gasteiger partial charge in [-0.2, -0.15) is 0 Å². The van der Waals surface area contributed by atoms with Crippen LogP contribution in [0.15, 0.2) is 6.07 Å². The Labute approximate surface area is 119 Å². The summed E-state index contributed by atoms with van der Waals surface area (Å²) in [4.78, 5) is 19.3. The molecule has 0 bridgehead atoms. The third-order valence-corrected chi connectivity index (χ3v) is 5.26. The molecule has 2 aliphatic carbocycles. The van der Waals surface area contributed by atoms with Gasteiger partial charge in [-0.25, -0.2) is 4.98 Å². The Balaban J connectivity index is 1.66. The summed E-state index contributed by atoms with van der Waals surface area (Å²) in [6.45, 7) is 4.06. The van der Waals surface area contributed by atoms with E-state index in [2.05, 4.69) is 11.9 Å². The Morgan fingerprint density at radius 3 is 3.05 bits per heavy atom. The quantitative estimate of drug-likeness (QED) is 0.827. The zero-order valence-corrected chi connectivity index (χ0v) is 12.1. The number of methoxy groups -OCH3 is 1. The molecule has 0 aromatic carbocycles. The van der Waals surface area contributed by atoms with Crippen molar-refractivity contribution in [2.75, 3.05) is 20.2 Å². The second kappa shape index (κ2) is 3.96. The lowest BCUT2D eigenvalue weighted by atomic mass is 10.1. The third-order valence-electron chi connectivity index (χ3n) is 5.26. The van der Waals surface area contributed by atoms with E-state index in [9.17, 15) is 4.79 Å². The number of likely N-dealkylation sites (tertiary alicyclic amines) is 1. The van der Waals surface area contributed by atoms with Gasteiger partial charge in [-0.15, -0.1) is 0 Å². The molecule has 4 rings (SSSR count). The summed E-state index contributed by atoms with van der Waals surface area (Å²) in [5.74, 6) is 1.30. The Bertz CT molecular complexity index is 598. The molecule has 4 nitrogen and oxygen atoms in total. The van der Waals surface area contributed by atoms with Crippen LogP contribution in [0.4, 0.5) is 0 Å². The van der Waals surface area contributed by atoms with Crippen molar-refractivity contribution in [1.29, 1.82) is 0 Å². The lowest BCUT2D eigenvalue weighted by molar-refractivity contribution is 0.0762. The highest BCUT2D eigenvalue weighted by atomic mass is 16.5. The second-order valence-corrected chi connectivity index (χ2v) is 6.75. The molecule has 106 valence electrons. The highest BCUT2D eigenvalue weighted by Gasteiger charge is 2.57. The molecule has 2 atom stereocenters. The molecule has 2 unspecified atom stereocenters. The number of hydrogen-bond donors (Lipinski definition) is 0. The fourth-order valence-corrected chi connectivity index (χ4v) is 3.84. The van der Waals surface area contributed by atoms with Gasteiger partial charge in [-0.05, 0) is 48.6 Å². The van der Waals surface area contributed by atoms with Crippen LogP contribution >= 0.6 is 0 Å². The standard InChI is InChI=1S/C16H20N2O2/c1-16-7-11(16)8-18(9-16)15(19)12-6-10-4-3-5-13(10)17-14(12)20-2/h6,11H,3-5,7-9H2,1-2H3. The number of carbonyl (C=O) groups excluding carboxylic acids is 1. The maximum Gasteiger partial charge on any atom is 0.259 e. The number of hydrogen-bond acceptors (Lipinski definition) is 3. The van der Waals surface area contributed by atoms with Crippen molar-refractivity contribution in [2.24, 2.45) is 11.3 Å². The molecule has 1 amide bonds. The predicted molar refractivity (Wildman–Crippen MR) is 74.9 cm³/mol. The zero-order valence-electron chi connectivity index (χ0n) is 12.1. The van der Waals surface area contributed by atoms with Gasteiger partial charge < -0.3 is 9.64 Å². The normalized spacial score (nSPS) is 30.1. The molecule has 1 aromatic heterocycles. The third kappa shape index (κ3) is 1.67. The summed E-state index contributed by atoms with van der Waals surface area (Å²) in [6.07, 6.45) is 4.44. The molecule has 1 saturated carbocycles. The van der Waals surface area contributed by atoms with Crippen LogP contribution in [0.5, 0.6) is 5.88 Å². The van der Waals surface area contributed by atoms with E-state index in [1.807, 2.05) is 11.0 Å². The Morgan fingerprint density at radius 1 is 1.50 bits per heavy atom. The first kappa shape index (κ1) is 12.2. The van der Waals surface area contributed by atoms with Gasteiger partial charge in [0.1, 0.15) is 5.56 Å². The maximum atomic E-state index is 12.7. The van der Waals surface area contributed by atoms with Gasteiger partial charge in [-0.1, -0.05) is 6.92 Å². The largest absolute Gasteiger partial charge is 0.480 e. The van der Waals surface area contributed by atoms with Crippen molar-refractivity contribution >= 4 is 5.91 Å². The molecule has 0 N–H and O–H groups in total. The minimum absolute atomic E-state index is 0.0949. The van der Waals surface area contributed by atoms with Crippen molar-refractivity contribution in [3.05, 3.63) is 22.9 Å². The lowest BCUT2D eigenvalue weighted by Gasteiger charge is -2.21. The average Bonchev–Trinajstić information content (AvgIpc) is 2.82. The average molecular weight is 272 g/mol. The fraction of sp³-hybridized carbons (Fsp3) is 0.625. The molecular weight excluding hydrogens is 252 g/mol. The van der Waals surface area contributed by atoms with Crippen LogP contribution < -0.4 is 4.74 Å². The number of aryl methyl sites for hydroxylation is 2. The van der Waals surface area contributed by atoms with Crippen LogP contribution in [0.2, 0.25) is 0 Å². The maximum absolute atomic E-state index is 12.7. The van der Waals surface area contributed by atoms with Gasteiger partial charge in [0.05, 0.1) is 7.11 Å². The monoisotopic (exact) mass is 272 g/mol. The molecule has 2 fully saturated rings. The smallest absolute Gasteiger partial charge is 0.259 e. The number of amides is 1. The number of ether oxygens (including phenoxy) is 1. The first-order valence-electron chi connectivity index (χ1n) is 7.47. The van der Waals surface area contributed by atoms with Crippen LogP contribution in [-0.2, 0) is 12.8 Å². The number of pyridine rings is 1. The summed E-state index contributed by atoms with van der Waals surface area (Å²) in [5, 5.41) is 0. The molecule has 1 aromatic rings. The number of rotatable bonds is 2.